The molecule has 0 fully saturated rings. The summed E-state index contributed by atoms with van der Waals surface area (Å²) in [5.74, 6) is 0.623. The fourth-order valence-corrected chi connectivity index (χ4v) is 28.9. The first-order valence-corrected chi connectivity index (χ1v) is 22.7. The Hall–Kier alpha value is -0.690. The van der Waals surface area contributed by atoms with E-state index in [0.29, 0.717) is 11.3 Å². The second-order valence-electron chi connectivity index (χ2n) is 12.3. The van der Waals surface area contributed by atoms with Gasteiger partial charge in [-0.15, -0.1) is 0 Å². The van der Waals surface area contributed by atoms with Crippen LogP contribution in [0.15, 0.2) is 40.5 Å². The molecule has 0 heterocycles. The summed E-state index contributed by atoms with van der Waals surface area (Å²) in [6.07, 6.45) is 7.64. The van der Waals surface area contributed by atoms with Crippen LogP contribution in [0.4, 0.5) is 0 Å². The van der Waals surface area contributed by atoms with Crippen molar-refractivity contribution in [1.29, 1.82) is 0 Å². The van der Waals surface area contributed by atoms with Gasteiger partial charge in [-0.1, -0.05) is 0 Å². The summed E-state index contributed by atoms with van der Waals surface area (Å²) in [6.45, 7) is 22.1. The zero-order valence-corrected chi connectivity index (χ0v) is 24.9. The zero-order valence-electron chi connectivity index (χ0n) is 21.3. The molecule has 0 saturated heterocycles. The molecule has 0 saturated carbocycles. The predicted octanol–water partition coefficient (Wildman–Crippen LogP) is 8.80. The van der Waals surface area contributed by atoms with Crippen molar-refractivity contribution in [2.75, 3.05) is 0 Å². The maximum absolute atomic E-state index is 3.08. The molecule has 1 atom stereocenters. The Morgan fingerprint density at radius 3 is 1.83 bits per heavy atom. The molecule has 1 unspecified atom stereocenters. The zero-order chi connectivity index (χ0) is 22.4. The van der Waals surface area contributed by atoms with Crippen molar-refractivity contribution in [1.82, 2.24) is 0 Å². The van der Waals surface area contributed by atoms with E-state index in [9.17, 15) is 0 Å². The average molecular weight is 569 g/mol. The molecule has 0 aliphatic heterocycles. The van der Waals surface area contributed by atoms with Crippen molar-refractivity contribution in [2.24, 2.45) is 11.3 Å². The van der Waals surface area contributed by atoms with Gasteiger partial charge in [-0.2, -0.15) is 0 Å². The van der Waals surface area contributed by atoms with Gasteiger partial charge in [0.05, 0.1) is 0 Å². The van der Waals surface area contributed by atoms with Crippen molar-refractivity contribution in [2.45, 2.75) is 90.9 Å². The first kappa shape index (κ1) is 22.5. The maximum atomic E-state index is 2.77. The molecule has 30 heavy (non-hydrogen) atoms. The quantitative estimate of drug-likeness (QED) is 0.320. The van der Waals surface area contributed by atoms with Crippen LogP contribution < -0.4 is 0 Å². The van der Waals surface area contributed by atoms with Crippen molar-refractivity contribution in [3.63, 3.8) is 0 Å². The van der Waals surface area contributed by atoms with Gasteiger partial charge in [0, 0.05) is 0 Å². The van der Waals surface area contributed by atoms with Gasteiger partial charge in [-0.05, 0) is 0 Å². The van der Waals surface area contributed by atoms with E-state index >= 15 is 0 Å². The second-order valence-corrected chi connectivity index (χ2v) is 30.6. The average Bonchev–Trinajstić information content (AvgIpc) is 3.22. The molecule has 3 aliphatic carbocycles. The number of rotatable bonds is 3. The van der Waals surface area contributed by atoms with E-state index < -0.39 is 20.0 Å². The molecule has 162 valence electrons. The predicted molar refractivity (Wildman–Crippen MR) is 130 cm³/mol. The van der Waals surface area contributed by atoms with Crippen molar-refractivity contribution in [3.05, 3.63) is 62.8 Å². The van der Waals surface area contributed by atoms with Crippen LogP contribution in [0.1, 0.15) is 84.6 Å². The molecule has 0 nitrogen and oxygen atoms in total. The van der Waals surface area contributed by atoms with Crippen LogP contribution >= 0.6 is 0 Å². The molecular weight excluding hydrogens is 527 g/mol. The third-order valence-corrected chi connectivity index (χ3v) is 32.8. The Kier molecular flexibility index (Phi) is 4.99. The van der Waals surface area contributed by atoms with E-state index in [1.165, 1.54) is 18.4 Å². The Morgan fingerprint density at radius 1 is 0.833 bits per heavy atom. The summed E-state index contributed by atoms with van der Waals surface area (Å²) in [4.78, 5) is 0. The Balaban J connectivity index is 1.96. The molecule has 0 aromatic heterocycles. The van der Waals surface area contributed by atoms with Crippen molar-refractivity contribution in [3.8, 4) is 0 Å². The normalized spacial score (nSPS) is 26.8. The van der Waals surface area contributed by atoms with E-state index in [1.54, 1.807) is 39.0 Å². The molecule has 1 aromatic carbocycles. The van der Waals surface area contributed by atoms with E-state index in [1.807, 2.05) is 0 Å². The SMILES string of the molecule is CC1=C(C)[C](C)([Hf]([CH3])([CH3])[C]2(C(C)C)C=Cc3cc4c(cc32)CC(C)(C)C4)C(C)=C1C. The molecule has 4 rings (SSSR count). The summed E-state index contributed by atoms with van der Waals surface area (Å²) >= 11 is -3.08. The van der Waals surface area contributed by atoms with E-state index in [4.69, 9.17) is 0 Å². The number of benzene rings is 1. The van der Waals surface area contributed by atoms with Crippen LogP contribution in [0.3, 0.4) is 0 Å². The van der Waals surface area contributed by atoms with Gasteiger partial charge >= 0.3 is 191 Å². The summed E-state index contributed by atoms with van der Waals surface area (Å²) < 4.78 is 6.05. The van der Waals surface area contributed by atoms with Gasteiger partial charge in [0.15, 0.2) is 0 Å². The van der Waals surface area contributed by atoms with Crippen LogP contribution in [0, 0.1) is 11.3 Å². The molecule has 0 N–H and O–H groups in total. The topological polar surface area (TPSA) is 0 Å². The second kappa shape index (κ2) is 6.66. The van der Waals surface area contributed by atoms with Crippen molar-refractivity contribution >= 4 is 6.08 Å². The Labute approximate surface area is 190 Å². The fourth-order valence-electron chi connectivity index (χ4n) is 7.65. The van der Waals surface area contributed by atoms with Gasteiger partial charge in [-0.25, -0.2) is 0 Å². The van der Waals surface area contributed by atoms with Crippen LogP contribution in [-0.2, 0) is 36.0 Å². The number of fused-ring (bicyclic) bond motifs is 2. The minimum atomic E-state index is -3.08. The Morgan fingerprint density at radius 2 is 1.33 bits per heavy atom. The summed E-state index contributed by atoms with van der Waals surface area (Å²) in [6, 6.07) is 5.22. The van der Waals surface area contributed by atoms with Gasteiger partial charge in [0.2, 0.25) is 0 Å². The first-order valence-electron chi connectivity index (χ1n) is 11.9. The molecule has 0 spiro atoms. The van der Waals surface area contributed by atoms with Gasteiger partial charge < -0.3 is 0 Å². The summed E-state index contributed by atoms with van der Waals surface area (Å²) in [5.41, 5.74) is 13.3. The molecular formula is C29H42Hf. The standard InChI is InChI=1S/C17H21.C10H15.2CH3.Hf/c1-11(2)15-6-5-12-7-13-9-17(3,4)10-14(13)8-16(12)15;1-6-7(2)9(4)10(5)8(6)3;;;/h5-8,11H,9-10H2,1-4H3;1-5H3;2*1H3;. The third kappa shape index (κ3) is 2.60. The number of allylic oxidation sites excluding steroid dienone is 5. The monoisotopic (exact) mass is 570 g/mol. The van der Waals surface area contributed by atoms with Crippen molar-refractivity contribution < 1.29 is 20.0 Å². The first-order chi connectivity index (χ1) is 13.7. The molecule has 3 aliphatic rings. The molecule has 1 heteroatoms. The van der Waals surface area contributed by atoms with Gasteiger partial charge in [0.1, 0.15) is 0 Å². The number of hydrogen-bond donors (Lipinski definition) is 0. The van der Waals surface area contributed by atoms with Crippen LogP contribution in [0.2, 0.25) is 12.5 Å². The summed E-state index contributed by atoms with van der Waals surface area (Å²) in [7, 11) is 0. The molecule has 0 radical (unpaired) electrons. The molecule has 0 amide bonds. The molecule has 1 aromatic rings. The number of hydrogen-bond acceptors (Lipinski definition) is 0. The van der Waals surface area contributed by atoms with Crippen LogP contribution in [0.25, 0.3) is 6.08 Å². The van der Waals surface area contributed by atoms with Gasteiger partial charge in [-0.3, -0.25) is 0 Å². The fraction of sp³-hybridized carbons (Fsp3) is 0.586. The van der Waals surface area contributed by atoms with Crippen LogP contribution in [0.5, 0.6) is 0 Å². The summed E-state index contributed by atoms with van der Waals surface area (Å²) in [5, 5.41) is 0. The molecule has 0 bridgehead atoms. The Bertz CT molecular complexity index is 1000. The third-order valence-electron chi connectivity index (χ3n) is 10.1. The van der Waals surface area contributed by atoms with Crippen LogP contribution in [-0.4, -0.2) is 0 Å². The van der Waals surface area contributed by atoms with E-state index in [-0.39, 0.29) is 6.34 Å². The van der Waals surface area contributed by atoms with Gasteiger partial charge in [0.25, 0.3) is 0 Å². The minimum absolute atomic E-state index is 0.242. The van der Waals surface area contributed by atoms with E-state index in [0.717, 1.165) is 0 Å². The van der Waals surface area contributed by atoms with E-state index in [2.05, 4.69) is 96.0 Å².